The van der Waals surface area contributed by atoms with Gasteiger partial charge in [-0.05, 0) is 48.5 Å². The average molecular weight is 394 g/mol. The van der Waals surface area contributed by atoms with Crippen LogP contribution in [0.2, 0.25) is 0 Å². The Bertz CT molecular complexity index is 850. The molecule has 2 rings (SSSR count). The molecule has 2 aromatic carbocycles. The maximum absolute atomic E-state index is 12.3. The van der Waals surface area contributed by atoms with E-state index in [0.29, 0.717) is 17.2 Å². The second kappa shape index (κ2) is 9.36. The van der Waals surface area contributed by atoms with Crippen molar-refractivity contribution in [3.05, 3.63) is 48.5 Å². The van der Waals surface area contributed by atoms with Crippen LogP contribution in [0.3, 0.4) is 0 Å². The van der Waals surface area contributed by atoms with E-state index in [2.05, 4.69) is 10.0 Å². The summed E-state index contributed by atoms with van der Waals surface area (Å²) in [7, 11) is -2.23. The number of aliphatic hydroxyl groups is 1. The van der Waals surface area contributed by atoms with Gasteiger partial charge in [-0.1, -0.05) is 0 Å². The van der Waals surface area contributed by atoms with Gasteiger partial charge in [0.05, 0.1) is 12.0 Å². The number of sulfonamides is 1. The number of carbonyl (C=O) groups is 1. The van der Waals surface area contributed by atoms with Crippen LogP contribution in [-0.4, -0.2) is 45.8 Å². The molecule has 146 valence electrons. The first-order valence-electron chi connectivity index (χ1n) is 8.12. The van der Waals surface area contributed by atoms with Gasteiger partial charge in [-0.15, -0.1) is 0 Å². The van der Waals surface area contributed by atoms with E-state index >= 15 is 0 Å². The first-order valence-corrected chi connectivity index (χ1v) is 9.61. The number of rotatable bonds is 9. The monoisotopic (exact) mass is 394 g/mol. The summed E-state index contributed by atoms with van der Waals surface area (Å²) in [6.45, 7) is 1.09. The Kier molecular flexibility index (Phi) is 7.17. The van der Waals surface area contributed by atoms with Crippen LogP contribution in [0.25, 0.3) is 0 Å². The molecule has 0 unspecified atom stereocenters. The first kappa shape index (κ1) is 20.7. The van der Waals surface area contributed by atoms with Gasteiger partial charge >= 0.3 is 0 Å². The molecule has 1 atom stereocenters. The molecular formula is C18H22N2O6S. The third kappa shape index (κ3) is 6.55. The lowest BCUT2D eigenvalue weighted by Gasteiger charge is -2.14. The van der Waals surface area contributed by atoms with Crippen LogP contribution < -0.4 is 19.5 Å². The SMILES string of the molecule is COc1ccc(OC[C@H](O)CNS(=O)(=O)c2ccc(NC(C)=O)cc2)cc1. The lowest BCUT2D eigenvalue weighted by molar-refractivity contribution is -0.114. The molecule has 0 radical (unpaired) electrons. The van der Waals surface area contributed by atoms with E-state index in [1.54, 1.807) is 31.4 Å². The van der Waals surface area contributed by atoms with Gasteiger partial charge in [0.1, 0.15) is 24.2 Å². The predicted molar refractivity (Wildman–Crippen MR) is 100 cm³/mol. The van der Waals surface area contributed by atoms with Crippen molar-refractivity contribution in [1.29, 1.82) is 0 Å². The molecule has 0 saturated heterocycles. The fourth-order valence-corrected chi connectivity index (χ4v) is 3.21. The number of ether oxygens (including phenoxy) is 2. The number of hydrogen-bond acceptors (Lipinski definition) is 6. The van der Waals surface area contributed by atoms with E-state index in [1.807, 2.05) is 0 Å². The van der Waals surface area contributed by atoms with Crippen LogP contribution in [0, 0.1) is 0 Å². The van der Waals surface area contributed by atoms with Crippen molar-refractivity contribution in [3.63, 3.8) is 0 Å². The molecule has 0 saturated carbocycles. The van der Waals surface area contributed by atoms with Crippen molar-refractivity contribution in [3.8, 4) is 11.5 Å². The van der Waals surface area contributed by atoms with Crippen LogP contribution in [0.1, 0.15) is 6.92 Å². The highest BCUT2D eigenvalue weighted by Crippen LogP contribution is 2.17. The Hall–Kier alpha value is -2.62. The minimum Gasteiger partial charge on any atom is -0.497 e. The van der Waals surface area contributed by atoms with Gasteiger partial charge in [0.15, 0.2) is 0 Å². The van der Waals surface area contributed by atoms with Gasteiger partial charge in [0.25, 0.3) is 0 Å². The molecule has 0 spiro atoms. The molecule has 1 amide bonds. The molecule has 0 heterocycles. The standard InChI is InChI=1S/C18H22N2O6S/c1-13(21)20-14-3-9-18(10-4-14)27(23,24)19-11-15(22)12-26-17-7-5-16(25-2)6-8-17/h3-10,15,19,22H,11-12H2,1-2H3,(H,20,21)/t15-/m1/s1. The normalized spacial score (nSPS) is 12.3. The van der Waals surface area contributed by atoms with E-state index in [-0.39, 0.29) is 24.0 Å². The molecule has 0 bridgehead atoms. The van der Waals surface area contributed by atoms with Crippen molar-refractivity contribution in [1.82, 2.24) is 4.72 Å². The minimum atomic E-state index is -3.79. The molecule has 8 nitrogen and oxygen atoms in total. The van der Waals surface area contributed by atoms with Crippen LogP contribution in [0.4, 0.5) is 5.69 Å². The number of benzene rings is 2. The summed E-state index contributed by atoms with van der Waals surface area (Å²) in [6.07, 6.45) is -1.03. The van der Waals surface area contributed by atoms with Crippen LogP contribution in [0.5, 0.6) is 11.5 Å². The van der Waals surface area contributed by atoms with Crippen LogP contribution >= 0.6 is 0 Å². The Balaban J connectivity index is 1.85. The maximum Gasteiger partial charge on any atom is 0.240 e. The summed E-state index contributed by atoms with van der Waals surface area (Å²) in [5.41, 5.74) is 0.495. The highest BCUT2D eigenvalue weighted by molar-refractivity contribution is 7.89. The lowest BCUT2D eigenvalue weighted by atomic mass is 10.3. The number of amides is 1. The van der Waals surface area contributed by atoms with E-state index in [4.69, 9.17) is 9.47 Å². The van der Waals surface area contributed by atoms with E-state index in [0.717, 1.165) is 0 Å². The Morgan fingerprint density at radius 2 is 1.67 bits per heavy atom. The van der Waals surface area contributed by atoms with E-state index in [1.165, 1.54) is 31.2 Å². The smallest absolute Gasteiger partial charge is 0.240 e. The molecule has 27 heavy (non-hydrogen) atoms. The summed E-state index contributed by atoms with van der Waals surface area (Å²) in [6, 6.07) is 12.5. The molecule has 2 aromatic rings. The Labute approximate surface area is 158 Å². The zero-order valence-corrected chi connectivity index (χ0v) is 15.8. The van der Waals surface area contributed by atoms with Gasteiger partial charge in [-0.3, -0.25) is 4.79 Å². The summed E-state index contributed by atoms with van der Waals surface area (Å²) in [5.74, 6) is 0.968. The van der Waals surface area contributed by atoms with E-state index < -0.39 is 16.1 Å². The number of carbonyl (C=O) groups excluding carboxylic acids is 1. The maximum atomic E-state index is 12.3. The third-order valence-electron chi connectivity index (χ3n) is 3.50. The third-order valence-corrected chi connectivity index (χ3v) is 4.94. The molecule has 9 heteroatoms. The quantitative estimate of drug-likeness (QED) is 0.592. The largest absolute Gasteiger partial charge is 0.497 e. The summed E-state index contributed by atoms with van der Waals surface area (Å²) < 4.78 is 37.3. The molecule has 0 aliphatic heterocycles. The Morgan fingerprint density at radius 3 is 2.22 bits per heavy atom. The van der Waals surface area contributed by atoms with Crippen LogP contribution in [-0.2, 0) is 14.8 Å². The van der Waals surface area contributed by atoms with E-state index in [9.17, 15) is 18.3 Å². The van der Waals surface area contributed by atoms with Crippen molar-refractivity contribution < 1.29 is 27.8 Å². The second-order valence-electron chi connectivity index (χ2n) is 5.70. The van der Waals surface area contributed by atoms with Gasteiger partial charge in [-0.25, -0.2) is 13.1 Å². The summed E-state index contributed by atoms with van der Waals surface area (Å²) >= 11 is 0. The van der Waals surface area contributed by atoms with Crippen LogP contribution in [0.15, 0.2) is 53.4 Å². The zero-order chi connectivity index (χ0) is 19.9. The topological polar surface area (TPSA) is 114 Å². The summed E-state index contributed by atoms with van der Waals surface area (Å²) in [5, 5.41) is 12.5. The van der Waals surface area contributed by atoms with Crippen molar-refractivity contribution in [2.24, 2.45) is 0 Å². The highest BCUT2D eigenvalue weighted by atomic mass is 32.2. The van der Waals surface area contributed by atoms with Gasteiger partial charge in [0, 0.05) is 19.2 Å². The molecule has 0 aromatic heterocycles. The Morgan fingerprint density at radius 1 is 1.07 bits per heavy atom. The summed E-state index contributed by atoms with van der Waals surface area (Å²) in [4.78, 5) is 11.0. The fourth-order valence-electron chi connectivity index (χ4n) is 2.13. The van der Waals surface area contributed by atoms with Gasteiger partial charge in [0.2, 0.25) is 15.9 Å². The van der Waals surface area contributed by atoms with Crippen molar-refractivity contribution in [2.45, 2.75) is 17.9 Å². The van der Waals surface area contributed by atoms with Gasteiger partial charge in [-0.2, -0.15) is 0 Å². The molecule has 0 aliphatic carbocycles. The fraction of sp³-hybridized carbons (Fsp3) is 0.278. The lowest BCUT2D eigenvalue weighted by Crippen LogP contribution is -2.35. The molecular weight excluding hydrogens is 372 g/mol. The molecule has 3 N–H and O–H groups in total. The minimum absolute atomic E-state index is 0.0277. The zero-order valence-electron chi connectivity index (χ0n) is 15.0. The number of nitrogens with one attached hydrogen (secondary N) is 2. The molecule has 0 fully saturated rings. The highest BCUT2D eigenvalue weighted by Gasteiger charge is 2.16. The van der Waals surface area contributed by atoms with Gasteiger partial charge < -0.3 is 19.9 Å². The number of hydrogen-bond donors (Lipinski definition) is 3. The number of aliphatic hydroxyl groups excluding tert-OH is 1. The average Bonchev–Trinajstić information content (AvgIpc) is 2.65. The predicted octanol–water partition coefficient (Wildman–Crippen LogP) is 1.37. The van der Waals surface area contributed by atoms with Crippen molar-refractivity contribution in [2.75, 3.05) is 25.6 Å². The van der Waals surface area contributed by atoms with Crippen molar-refractivity contribution >= 4 is 21.6 Å². The number of anilines is 1. The molecule has 0 aliphatic rings. The first-order chi connectivity index (χ1) is 12.8. The number of methoxy groups -OCH3 is 1. The second-order valence-corrected chi connectivity index (χ2v) is 7.46.